The van der Waals surface area contributed by atoms with Crippen LogP contribution in [0.15, 0.2) is 5.11 Å². The minimum atomic E-state index is -0.463. The predicted octanol–water partition coefficient (Wildman–Crippen LogP) is 1.95. The van der Waals surface area contributed by atoms with Crippen LogP contribution in [-0.4, -0.2) is 140 Å². The van der Waals surface area contributed by atoms with E-state index in [9.17, 15) is 4.79 Å². The van der Waals surface area contributed by atoms with E-state index >= 15 is 0 Å². The van der Waals surface area contributed by atoms with Crippen molar-refractivity contribution in [2.24, 2.45) is 5.11 Å². The highest BCUT2D eigenvalue weighted by Gasteiger charge is 2.25. The fraction of sp³-hybridized carbons (Fsp3) is 0.957. The first-order chi connectivity index (χ1) is 17.4. The van der Waals surface area contributed by atoms with Crippen molar-refractivity contribution < 1.29 is 38.0 Å². The van der Waals surface area contributed by atoms with Crippen LogP contribution in [0, 0.1) is 0 Å². The van der Waals surface area contributed by atoms with E-state index < -0.39 is 5.60 Å². The average molecular weight is 520 g/mol. The summed E-state index contributed by atoms with van der Waals surface area (Å²) in [5.41, 5.74) is 7.66. The summed E-state index contributed by atoms with van der Waals surface area (Å²) in [7, 11) is 0. The van der Waals surface area contributed by atoms with Gasteiger partial charge in [-0.05, 0) is 26.3 Å². The average Bonchev–Trinajstić information content (AvgIpc) is 2.84. The molecule has 210 valence electrons. The summed E-state index contributed by atoms with van der Waals surface area (Å²) in [5, 5.41) is 3.37. The predicted molar refractivity (Wildman–Crippen MR) is 133 cm³/mol. The SMILES string of the molecule is CC(C)(C)OC(=O)N1CCN(CCOCCOCCOCCOCCOCCOCCN=[N+]=[N-])CC1. The molecule has 1 aliphatic heterocycles. The number of hydrogen-bond donors (Lipinski definition) is 0. The molecular formula is C23H45N5O8. The molecule has 0 aromatic rings. The van der Waals surface area contributed by atoms with E-state index in [0.29, 0.717) is 98.9 Å². The highest BCUT2D eigenvalue weighted by molar-refractivity contribution is 5.68. The van der Waals surface area contributed by atoms with Gasteiger partial charge in [-0.3, -0.25) is 4.90 Å². The van der Waals surface area contributed by atoms with Crippen molar-refractivity contribution in [3.63, 3.8) is 0 Å². The van der Waals surface area contributed by atoms with Crippen LogP contribution in [0.3, 0.4) is 0 Å². The van der Waals surface area contributed by atoms with Crippen molar-refractivity contribution in [1.82, 2.24) is 9.80 Å². The molecule has 0 aromatic carbocycles. The molecule has 0 aliphatic carbocycles. The summed E-state index contributed by atoms with van der Waals surface area (Å²) >= 11 is 0. The van der Waals surface area contributed by atoms with Gasteiger partial charge < -0.3 is 38.1 Å². The molecule has 1 rings (SSSR count). The van der Waals surface area contributed by atoms with Crippen LogP contribution >= 0.6 is 0 Å². The maximum atomic E-state index is 12.1. The number of hydrogen-bond acceptors (Lipinski definition) is 10. The number of carbonyl (C=O) groups is 1. The number of piperazine rings is 1. The van der Waals surface area contributed by atoms with Crippen molar-refractivity contribution in [3.05, 3.63) is 10.4 Å². The van der Waals surface area contributed by atoms with Gasteiger partial charge in [-0.2, -0.15) is 0 Å². The van der Waals surface area contributed by atoms with E-state index in [0.717, 1.165) is 19.6 Å². The first kappa shape index (κ1) is 32.3. The van der Waals surface area contributed by atoms with Crippen LogP contribution in [0.5, 0.6) is 0 Å². The maximum Gasteiger partial charge on any atom is 0.410 e. The second-order valence-corrected chi connectivity index (χ2v) is 8.94. The minimum absolute atomic E-state index is 0.239. The highest BCUT2D eigenvalue weighted by atomic mass is 16.6. The van der Waals surface area contributed by atoms with Gasteiger partial charge in [-0.1, -0.05) is 5.11 Å². The van der Waals surface area contributed by atoms with E-state index in [4.69, 9.17) is 38.7 Å². The maximum absolute atomic E-state index is 12.1. The molecule has 0 atom stereocenters. The van der Waals surface area contributed by atoms with E-state index in [1.807, 2.05) is 20.8 Å². The van der Waals surface area contributed by atoms with Crippen molar-refractivity contribution in [2.45, 2.75) is 26.4 Å². The molecule has 1 fully saturated rings. The van der Waals surface area contributed by atoms with Crippen LogP contribution in [0.2, 0.25) is 0 Å². The number of azide groups is 1. The summed E-state index contributed by atoms with van der Waals surface area (Å²) in [4.78, 5) is 18.8. The molecule has 0 saturated carbocycles. The highest BCUT2D eigenvalue weighted by Crippen LogP contribution is 2.11. The third-order valence-electron chi connectivity index (χ3n) is 4.83. The Morgan fingerprint density at radius 3 is 1.56 bits per heavy atom. The lowest BCUT2D eigenvalue weighted by Gasteiger charge is -2.35. The number of ether oxygens (including phenoxy) is 7. The lowest BCUT2D eigenvalue weighted by atomic mass is 10.2. The topological polar surface area (TPSA) is 137 Å². The Balaban J connectivity index is 1.77. The molecule has 13 heteroatoms. The molecule has 13 nitrogen and oxygen atoms in total. The van der Waals surface area contributed by atoms with Crippen molar-refractivity contribution in [2.75, 3.05) is 119 Å². The third-order valence-corrected chi connectivity index (χ3v) is 4.83. The molecule has 1 saturated heterocycles. The Kier molecular flexibility index (Phi) is 19.2. The Labute approximate surface area is 214 Å². The van der Waals surface area contributed by atoms with Gasteiger partial charge in [-0.15, -0.1) is 0 Å². The van der Waals surface area contributed by atoms with Crippen LogP contribution in [0.1, 0.15) is 20.8 Å². The molecular weight excluding hydrogens is 474 g/mol. The van der Waals surface area contributed by atoms with Crippen molar-refractivity contribution in [3.8, 4) is 0 Å². The lowest BCUT2D eigenvalue weighted by molar-refractivity contribution is -0.0180. The molecule has 0 aromatic heterocycles. The molecule has 36 heavy (non-hydrogen) atoms. The molecule has 1 heterocycles. The largest absolute Gasteiger partial charge is 0.444 e. The fourth-order valence-corrected chi connectivity index (χ4v) is 3.03. The van der Waals surface area contributed by atoms with Gasteiger partial charge in [0.2, 0.25) is 0 Å². The first-order valence-corrected chi connectivity index (χ1v) is 12.6. The standard InChI is InChI=1S/C23H45N5O8/c1-23(2,3)36-22(29)28-7-5-27(6-8-28)9-11-31-13-15-33-17-19-35-21-20-34-18-16-32-14-12-30-10-4-25-26-24/h4-21H2,1-3H3. The van der Waals surface area contributed by atoms with Gasteiger partial charge in [0.05, 0.1) is 79.3 Å². The summed E-state index contributed by atoms with van der Waals surface area (Å²) in [6.45, 7) is 15.9. The summed E-state index contributed by atoms with van der Waals surface area (Å²) in [5.74, 6) is 0. The van der Waals surface area contributed by atoms with Crippen molar-refractivity contribution >= 4 is 6.09 Å². The minimum Gasteiger partial charge on any atom is -0.444 e. The van der Waals surface area contributed by atoms with Gasteiger partial charge >= 0.3 is 6.09 Å². The van der Waals surface area contributed by atoms with Crippen molar-refractivity contribution in [1.29, 1.82) is 0 Å². The van der Waals surface area contributed by atoms with Crippen LogP contribution in [0.4, 0.5) is 4.79 Å². The Morgan fingerprint density at radius 2 is 1.14 bits per heavy atom. The molecule has 0 bridgehead atoms. The van der Waals surface area contributed by atoms with E-state index in [1.54, 1.807) is 4.90 Å². The summed E-state index contributed by atoms with van der Waals surface area (Å²) < 4.78 is 38.0. The van der Waals surface area contributed by atoms with E-state index in [-0.39, 0.29) is 6.09 Å². The Morgan fingerprint density at radius 1 is 0.722 bits per heavy atom. The van der Waals surface area contributed by atoms with Gasteiger partial charge in [0.1, 0.15) is 5.60 Å². The zero-order valence-corrected chi connectivity index (χ0v) is 22.2. The Hall–Kier alpha value is -1.70. The first-order valence-electron chi connectivity index (χ1n) is 12.6. The zero-order chi connectivity index (χ0) is 26.3. The van der Waals surface area contributed by atoms with Crippen LogP contribution < -0.4 is 0 Å². The fourth-order valence-electron chi connectivity index (χ4n) is 3.03. The molecule has 0 unspecified atom stereocenters. The number of amides is 1. The summed E-state index contributed by atoms with van der Waals surface area (Å²) in [6, 6.07) is 0. The monoisotopic (exact) mass is 519 g/mol. The second-order valence-electron chi connectivity index (χ2n) is 8.94. The zero-order valence-electron chi connectivity index (χ0n) is 22.2. The second kappa shape index (κ2) is 21.4. The summed E-state index contributed by atoms with van der Waals surface area (Å²) in [6.07, 6.45) is -0.239. The third kappa shape index (κ3) is 19.5. The van der Waals surface area contributed by atoms with E-state index in [1.165, 1.54) is 0 Å². The number of rotatable bonds is 21. The van der Waals surface area contributed by atoms with Gasteiger partial charge in [0.15, 0.2) is 0 Å². The number of nitrogens with zero attached hydrogens (tertiary/aromatic N) is 5. The normalized spacial score (nSPS) is 14.6. The van der Waals surface area contributed by atoms with E-state index in [2.05, 4.69) is 14.9 Å². The molecule has 0 N–H and O–H groups in total. The molecule has 1 amide bonds. The quantitative estimate of drug-likeness (QED) is 0.0964. The van der Waals surface area contributed by atoms with Gasteiger partial charge in [0.25, 0.3) is 0 Å². The number of carbonyl (C=O) groups excluding carboxylic acids is 1. The van der Waals surface area contributed by atoms with Crippen LogP contribution in [0.25, 0.3) is 10.4 Å². The van der Waals surface area contributed by atoms with Crippen LogP contribution in [-0.2, 0) is 33.2 Å². The molecule has 0 radical (unpaired) electrons. The lowest BCUT2D eigenvalue weighted by Crippen LogP contribution is -2.50. The molecule has 1 aliphatic rings. The van der Waals surface area contributed by atoms with Gasteiger partial charge in [0, 0.05) is 44.2 Å². The Bertz CT molecular complexity index is 594. The smallest absolute Gasteiger partial charge is 0.410 e. The molecule has 0 spiro atoms. The van der Waals surface area contributed by atoms with Gasteiger partial charge in [-0.25, -0.2) is 4.79 Å².